The van der Waals surface area contributed by atoms with Gasteiger partial charge >= 0.3 is 23.9 Å². The van der Waals surface area contributed by atoms with Crippen molar-refractivity contribution in [2.75, 3.05) is 0 Å². The molecule has 9 nitrogen and oxygen atoms in total. The van der Waals surface area contributed by atoms with E-state index in [1.807, 2.05) is 0 Å². The van der Waals surface area contributed by atoms with Crippen LogP contribution >= 0.6 is 0 Å². The molecular formula is C14H18F2O9. The fourth-order valence-corrected chi connectivity index (χ4v) is 2.27. The predicted octanol–water partition coefficient (Wildman–Crippen LogP) is 0.335. The van der Waals surface area contributed by atoms with Gasteiger partial charge in [0.15, 0.2) is 18.3 Å². The number of ether oxygens (including phenoxy) is 5. The number of carbonyl (C=O) groups excluding carboxylic acids is 4. The van der Waals surface area contributed by atoms with E-state index >= 15 is 0 Å². The van der Waals surface area contributed by atoms with Crippen LogP contribution in [0.5, 0.6) is 0 Å². The molecule has 0 aromatic carbocycles. The molecule has 0 bridgehead atoms. The summed E-state index contributed by atoms with van der Waals surface area (Å²) in [7, 11) is 0. The van der Waals surface area contributed by atoms with Gasteiger partial charge in [-0.25, -0.2) is 8.78 Å². The molecule has 25 heavy (non-hydrogen) atoms. The Kier molecular flexibility index (Phi) is 7.22. The molecule has 1 unspecified atom stereocenters. The molecule has 0 spiro atoms. The summed E-state index contributed by atoms with van der Waals surface area (Å²) >= 11 is 0. The van der Waals surface area contributed by atoms with E-state index in [0.29, 0.717) is 0 Å². The van der Waals surface area contributed by atoms with Gasteiger partial charge in [0.05, 0.1) is 0 Å². The number of alkyl halides is 2. The number of rotatable bonds is 5. The summed E-state index contributed by atoms with van der Waals surface area (Å²) in [5.41, 5.74) is 0. The van der Waals surface area contributed by atoms with Gasteiger partial charge < -0.3 is 23.7 Å². The summed E-state index contributed by atoms with van der Waals surface area (Å²) in [5, 5.41) is 0. The van der Waals surface area contributed by atoms with Crippen molar-refractivity contribution in [1.29, 1.82) is 0 Å². The first-order chi connectivity index (χ1) is 11.5. The standard InChI is InChI=1S/C14H18F2O9/c1-5(17)21-9-10(22-6(2)18)12(23-7(3)19)14(24-8(4)20)25-11(9)13(15)16/h9-14H,1-4H3/t9-,10-,11-,12+,14?/m0/s1. The average Bonchev–Trinajstić information content (AvgIpc) is 2.42. The van der Waals surface area contributed by atoms with Crippen LogP contribution in [0.25, 0.3) is 0 Å². The molecule has 1 aliphatic heterocycles. The fraction of sp³-hybridized carbons (Fsp3) is 0.714. The number of hydrogen-bond acceptors (Lipinski definition) is 9. The van der Waals surface area contributed by atoms with Crippen molar-refractivity contribution in [3.8, 4) is 0 Å². The highest BCUT2D eigenvalue weighted by atomic mass is 19.3. The van der Waals surface area contributed by atoms with Crippen molar-refractivity contribution in [2.45, 2.75) is 64.8 Å². The van der Waals surface area contributed by atoms with Crippen molar-refractivity contribution in [2.24, 2.45) is 0 Å². The van der Waals surface area contributed by atoms with E-state index in [1.165, 1.54) is 0 Å². The summed E-state index contributed by atoms with van der Waals surface area (Å²) in [6.45, 7) is 3.90. The first-order valence-electron chi connectivity index (χ1n) is 7.15. The zero-order valence-electron chi connectivity index (χ0n) is 13.9. The van der Waals surface area contributed by atoms with Gasteiger partial charge in [-0.1, -0.05) is 0 Å². The lowest BCUT2D eigenvalue weighted by molar-refractivity contribution is -0.310. The van der Waals surface area contributed by atoms with Crippen LogP contribution in [-0.4, -0.2) is 61.0 Å². The molecule has 11 heteroatoms. The molecule has 5 atom stereocenters. The normalized spacial score (nSPS) is 28.8. The van der Waals surface area contributed by atoms with Crippen LogP contribution in [0, 0.1) is 0 Å². The predicted molar refractivity (Wildman–Crippen MR) is 73.1 cm³/mol. The van der Waals surface area contributed by atoms with Gasteiger partial charge in [-0.15, -0.1) is 0 Å². The highest BCUT2D eigenvalue weighted by Gasteiger charge is 2.55. The van der Waals surface area contributed by atoms with Crippen molar-refractivity contribution >= 4 is 23.9 Å². The van der Waals surface area contributed by atoms with Crippen LogP contribution in [0.2, 0.25) is 0 Å². The van der Waals surface area contributed by atoms with Crippen LogP contribution < -0.4 is 0 Å². The van der Waals surface area contributed by atoms with E-state index in [1.54, 1.807) is 0 Å². The quantitative estimate of drug-likeness (QED) is 0.500. The molecule has 0 N–H and O–H groups in total. The molecule has 1 aliphatic rings. The third-order valence-corrected chi connectivity index (χ3v) is 2.97. The van der Waals surface area contributed by atoms with E-state index in [-0.39, 0.29) is 0 Å². The summed E-state index contributed by atoms with van der Waals surface area (Å²) in [6.07, 6.45) is -12.1. The topological polar surface area (TPSA) is 114 Å². The molecule has 0 aliphatic carbocycles. The Hall–Kier alpha value is -2.30. The Labute approximate surface area is 141 Å². The average molecular weight is 368 g/mol. The minimum absolute atomic E-state index is 0.889. The van der Waals surface area contributed by atoms with Gasteiger partial charge in [0.25, 0.3) is 6.43 Å². The molecule has 0 aromatic heterocycles. The van der Waals surface area contributed by atoms with Crippen LogP contribution in [0.15, 0.2) is 0 Å². The number of halogens is 2. The van der Waals surface area contributed by atoms with Gasteiger partial charge in [-0.2, -0.15) is 0 Å². The van der Waals surface area contributed by atoms with Crippen molar-refractivity contribution in [3.05, 3.63) is 0 Å². The second-order valence-corrected chi connectivity index (χ2v) is 5.14. The Bertz CT molecular complexity index is 536. The summed E-state index contributed by atoms with van der Waals surface area (Å²) in [6, 6.07) is 0. The van der Waals surface area contributed by atoms with Gasteiger partial charge in [-0.3, -0.25) is 19.2 Å². The molecule has 0 aromatic rings. The second-order valence-electron chi connectivity index (χ2n) is 5.14. The number of carbonyl (C=O) groups is 4. The minimum Gasteiger partial charge on any atom is -0.455 e. The minimum atomic E-state index is -3.18. The van der Waals surface area contributed by atoms with Crippen LogP contribution in [-0.2, 0) is 42.9 Å². The largest absolute Gasteiger partial charge is 0.455 e. The van der Waals surface area contributed by atoms with Crippen molar-refractivity contribution < 1.29 is 51.6 Å². The zero-order valence-corrected chi connectivity index (χ0v) is 13.9. The Morgan fingerprint density at radius 2 is 1.12 bits per heavy atom. The Balaban J connectivity index is 3.31. The first-order valence-corrected chi connectivity index (χ1v) is 7.15. The zero-order chi connectivity index (χ0) is 19.3. The lowest BCUT2D eigenvalue weighted by Crippen LogP contribution is -2.63. The van der Waals surface area contributed by atoms with Crippen LogP contribution in [0.4, 0.5) is 8.78 Å². The van der Waals surface area contributed by atoms with E-state index in [9.17, 15) is 28.0 Å². The molecule has 0 amide bonds. The van der Waals surface area contributed by atoms with E-state index < -0.39 is 61.0 Å². The SMILES string of the molecule is CC(=O)OC1O[C@H](C(F)F)[C@@H](OC(C)=O)[C@H](OC(C)=O)[C@H]1OC(C)=O. The molecule has 1 heterocycles. The van der Waals surface area contributed by atoms with Gasteiger partial charge in [0.1, 0.15) is 0 Å². The molecule has 1 fully saturated rings. The molecule has 142 valence electrons. The molecular weight excluding hydrogens is 350 g/mol. The summed E-state index contributed by atoms with van der Waals surface area (Å²) in [4.78, 5) is 45.1. The smallest absolute Gasteiger partial charge is 0.305 e. The van der Waals surface area contributed by atoms with E-state index in [4.69, 9.17) is 23.7 Å². The third kappa shape index (κ3) is 5.93. The fourth-order valence-electron chi connectivity index (χ4n) is 2.27. The Morgan fingerprint density at radius 3 is 1.52 bits per heavy atom. The molecule has 0 saturated carbocycles. The maximum absolute atomic E-state index is 13.3. The lowest BCUT2D eigenvalue weighted by Gasteiger charge is -2.43. The number of hydrogen-bond donors (Lipinski definition) is 0. The first kappa shape index (κ1) is 20.7. The molecule has 1 saturated heterocycles. The van der Waals surface area contributed by atoms with Gasteiger partial charge in [0, 0.05) is 27.7 Å². The Morgan fingerprint density at radius 1 is 0.720 bits per heavy atom. The maximum Gasteiger partial charge on any atom is 0.305 e. The van der Waals surface area contributed by atoms with E-state index in [0.717, 1.165) is 27.7 Å². The van der Waals surface area contributed by atoms with Crippen LogP contribution in [0.1, 0.15) is 27.7 Å². The van der Waals surface area contributed by atoms with Gasteiger partial charge in [0.2, 0.25) is 12.4 Å². The van der Waals surface area contributed by atoms with Crippen molar-refractivity contribution in [3.63, 3.8) is 0 Å². The summed E-state index contributed by atoms with van der Waals surface area (Å²) in [5.74, 6) is -3.68. The maximum atomic E-state index is 13.3. The van der Waals surface area contributed by atoms with Gasteiger partial charge in [-0.05, 0) is 0 Å². The lowest BCUT2D eigenvalue weighted by atomic mass is 9.98. The number of esters is 4. The summed E-state index contributed by atoms with van der Waals surface area (Å²) < 4.78 is 51.0. The second kappa shape index (κ2) is 8.70. The monoisotopic (exact) mass is 368 g/mol. The van der Waals surface area contributed by atoms with Crippen LogP contribution in [0.3, 0.4) is 0 Å². The molecule has 0 radical (unpaired) electrons. The highest BCUT2D eigenvalue weighted by Crippen LogP contribution is 2.32. The molecule has 1 rings (SSSR count). The highest BCUT2D eigenvalue weighted by molar-refractivity contribution is 5.69. The van der Waals surface area contributed by atoms with Crippen molar-refractivity contribution in [1.82, 2.24) is 0 Å². The third-order valence-electron chi connectivity index (χ3n) is 2.97. The van der Waals surface area contributed by atoms with E-state index in [2.05, 4.69) is 0 Å².